The maximum atomic E-state index is 13.4. The van der Waals surface area contributed by atoms with Gasteiger partial charge in [-0.2, -0.15) is 12.6 Å². The number of rotatable bonds is 8. The van der Waals surface area contributed by atoms with Gasteiger partial charge in [-0.25, -0.2) is 4.79 Å². The molecular weight excluding hydrogens is 430 g/mol. The second-order valence-electron chi connectivity index (χ2n) is 7.43. The molecule has 1 aliphatic rings. The molecule has 2 aromatic rings. The molecule has 0 saturated carbocycles. The van der Waals surface area contributed by atoms with Crippen LogP contribution in [0.4, 0.5) is 0 Å². The fraction of sp³-hybridized carbons (Fsp3) is 0.304. The van der Waals surface area contributed by atoms with Crippen LogP contribution in [-0.4, -0.2) is 57.4 Å². The minimum atomic E-state index is -1.27. The van der Waals surface area contributed by atoms with Crippen molar-refractivity contribution in [3.63, 3.8) is 0 Å². The van der Waals surface area contributed by atoms with Crippen LogP contribution in [0.3, 0.4) is 0 Å². The number of hydrogen-bond donors (Lipinski definition) is 3. The molecule has 0 aromatic heterocycles. The van der Waals surface area contributed by atoms with E-state index in [1.807, 2.05) is 37.3 Å². The number of benzene rings is 2. The Bertz CT molecular complexity index is 1030. The number of carbonyl (C=O) groups is 3. The molecule has 0 saturated heterocycles. The van der Waals surface area contributed by atoms with E-state index in [1.54, 1.807) is 0 Å². The van der Waals surface area contributed by atoms with Gasteiger partial charge in [0.2, 0.25) is 5.91 Å². The number of thiol groups is 1. The van der Waals surface area contributed by atoms with Crippen molar-refractivity contribution in [2.24, 2.45) is 10.9 Å². The lowest BCUT2D eigenvalue weighted by atomic mass is 10.0. The number of carboxylic acids is 1. The molecule has 8 nitrogen and oxygen atoms in total. The van der Waals surface area contributed by atoms with Gasteiger partial charge in [-0.1, -0.05) is 54.5 Å². The zero-order chi connectivity index (χ0) is 23.3. The molecular formula is C23H25N3O5S. The summed E-state index contributed by atoms with van der Waals surface area (Å²) in [6.07, 6.45) is 0.167. The van der Waals surface area contributed by atoms with E-state index >= 15 is 0 Å². The summed E-state index contributed by atoms with van der Waals surface area (Å²) in [5.74, 6) is -2.66. The Labute approximate surface area is 191 Å². The van der Waals surface area contributed by atoms with E-state index in [1.165, 1.54) is 24.3 Å². The zero-order valence-electron chi connectivity index (χ0n) is 17.5. The van der Waals surface area contributed by atoms with E-state index in [0.29, 0.717) is 12.1 Å². The molecule has 1 heterocycles. The van der Waals surface area contributed by atoms with Crippen LogP contribution in [0.15, 0.2) is 59.8 Å². The quantitative estimate of drug-likeness (QED) is 0.526. The summed E-state index contributed by atoms with van der Waals surface area (Å²) in [6, 6.07) is 13.9. The molecule has 1 aliphatic heterocycles. The van der Waals surface area contributed by atoms with Crippen molar-refractivity contribution in [1.29, 1.82) is 0 Å². The largest absolute Gasteiger partial charge is 0.478 e. The monoisotopic (exact) mass is 455 g/mol. The first-order valence-electron chi connectivity index (χ1n) is 10.2. The topological polar surface area (TPSA) is 122 Å². The number of nitrogens with zero attached hydrogens (tertiary/aromatic N) is 2. The molecule has 168 valence electrons. The molecule has 32 heavy (non-hydrogen) atoms. The van der Waals surface area contributed by atoms with Gasteiger partial charge in [0.25, 0.3) is 5.91 Å². The average Bonchev–Trinajstić information content (AvgIpc) is 3.16. The number of carboxylic acid groups (broad SMARTS) is 1. The standard InChI is InChI=1S/C23H25N3O5S/c1-2-18-20(32)19(31-25-18)13-26(21(27)15-10-6-7-11-16(15)23(29)30)22(28)17(24)12-14-8-4-3-5-9-14/h3-11,17,19-20,32H,2,12-13,24H2,1H3,(H,29,30)/t17-,19?,20?/m0/s1. The second-order valence-corrected chi connectivity index (χ2v) is 7.98. The first-order valence-corrected chi connectivity index (χ1v) is 10.7. The van der Waals surface area contributed by atoms with Crippen LogP contribution in [0.5, 0.6) is 0 Å². The van der Waals surface area contributed by atoms with E-state index in [0.717, 1.165) is 10.5 Å². The molecule has 2 amide bonds. The fourth-order valence-electron chi connectivity index (χ4n) is 3.48. The maximum Gasteiger partial charge on any atom is 0.336 e. The molecule has 3 rings (SSSR count). The number of imide groups is 1. The third-order valence-electron chi connectivity index (χ3n) is 5.24. The smallest absolute Gasteiger partial charge is 0.336 e. The molecule has 0 spiro atoms. The van der Waals surface area contributed by atoms with Crippen molar-refractivity contribution in [2.75, 3.05) is 6.54 Å². The highest BCUT2D eigenvalue weighted by molar-refractivity contribution is 7.82. The van der Waals surface area contributed by atoms with Crippen molar-refractivity contribution in [3.05, 3.63) is 71.3 Å². The molecule has 0 fully saturated rings. The maximum absolute atomic E-state index is 13.4. The highest BCUT2D eigenvalue weighted by Crippen LogP contribution is 2.22. The lowest BCUT2D eigenvalue weighted by Gasteiger charge is -2.27. The summed E-state index contributed by atoms with van der Waals surface area (Å²) < 4.78 is 0. The van der Waals surface area contributed by atoms with E-state index in [-0.39, 0.29) is 24.1 Å². The van der Waals surface area contributed by atoms with E-state index in [2.05, 4.69) is 17.8 Å². The number of nitrogens with two attached hydrogens (primary N) is 1. The van der Waals surface area contributed by atoms with Gasteiger partial charge >= 0.3 is 5.97 Å². The molecule has 2 unspecified atom stereocenters. The number of hydrogen-bond acceptors (Lipinski definition) is 7. The summed E-state index contributed by atoms with van der Waals surface area (Å²) in [5, 5.41) is 13.1. The summed E-state index contributed by atoms with van der Waals surface area (Å²) >= 11 is 4.52. The molecule has 2 aromatic carbocycles. The van der Waals surface area contributed by atoms with Gasteiger partial charge < -0.3 is 15.7 Å². The zero-order valence-corrected chi connectivity index (χ0v) is 18.4. The van der Waals surface area contributed by atoms with Gasteiger partial charge in [-0.05, 0) is 30.5 Å². The van der Waals surface area contributed by atoms with Gasteiger partial charge in [0.1, 0.15) is 0 Å². The summed E-state index contributed by atoms with van der Waals surface area (Å²) in [6.45, 7) is 1.75. The summed E-state index contributed by atoms with van der Waals surface area (Å²) in [4.78, 5) is 44.7. The normalized spacial score (nSPS) is 18.4. The molecule has 9 heteroatoms. The first-order chi connectivity index (χ1) is 15.3. The predicted molar refractivity (Wildman–Crippen MR) is 123 cm³/mol. The van der Waals surface area contributed by atoms with Crippen LogP contribution in [0, 0.1) is 0 Å². The molecule has 3 atom stereocenters. The highest BCUT2D eigenvalue weighted by atomic mass is 32.1. The summed E-state index contributed by atoms with van der Waals surface area (Å²) in [7, 11) is 0. The van der Waals surface area contributed by atoms with Gasteiger partial charge in [-0.3, -0.25) is 14.5 Å². The Balaban J connectivity index is 1.90. The minimum Gasteiger partial charge on any atom is -0.478 e. The van der Waals surface area contributed by atoms with E-state index in [9.17, 15) is 19.5 Å². The first kappa shape index (κ1) is 23.5. The minimum absolute atomic E-state index is 0.106. The highest BCUT2D eigenvalue weighted by Gasteiger charge is 2.37. The fourth-order valence-corrected chi connectivity index (χ4v) is 3.86. The lowest BCUT2D eigenvalue weighted by Crippen LogP contribution is -2.51. The Kier molecular flexibility index (Phi) is 7.66. The van der Waals surface area contributed by atoms with Crippen LogP contribution in [0.25, 0.3) is 0 Å². The van der Waals surface area contributed by atoms with Crippen molar-refractivity contribution in [2.45, 2.75) is 37.2 Å². The SMILES string of the molecule is CCC1=NOC(CN(C(=O)c2ccccc2C(=O)O)C(=O)[C@@H](N)Cc2ccccc2)C1S. The Morgan fingerprint density at radius 1 is 1.12 bits per heavy atom. The third-order valence-corrected chi connectivity index (χ3v) is 5.87. The van der Waals surface area contributed by atoms with Crippen molar-refractivity contribution >= 4 is 36.1 Å². The van der Waals surface area contributed by atoms with E-state index in [4.69, 9.17) is 10.6 Å². The van der Waals surface area contributed by atoms with Crippen molar-refractivity contribution in [1.82, 2.24) is 4.90 Å². The van der Waals surface area contributed by atoms with Gasteiger partial charge in [0.05, 0.1) is 34.7 Å². The van der Waals surface area contributed by atoms with Crippen LogP contribution in [-0.2, 0) is 16.1 Å². The Morgan fingerprint density at radius 2 is 1.75 bits per heavy atom. The number of amides is 2. The number of aromatic carboxylic acids is 1. The van der Waals surface area contributed by atoms with Crippen molar-refractivity contribution in [3.8, 4) is 0 Å². The van der Waals surface area contributed by atoms with Crippen LogP contribution < -0.4 is 5.73 Å². The van der Waals surface area contributed by atoms with Gasteiger partial charge in [-0.15, -0.1) is 0 Å². The van der Waals surface area contributed by atoms with Crippen LogP contribution in [0.2, 0.25) is 0 Å². The van der Waals surface area contributed by atoms with E-state index < -0.39 is 35.2 Å². The second kappa shape index (κ2) is 10.4. The van der Waals surface area contributed by atoms with Crippen LogP contribution >= 0.6 is 12.6 Å². The van der Waals surface area contributed by atoms with Crippen molar-refractivity contribution < 1.29 is 24.3 Å². The summed E-state index contributed by atoms with van der Waals surface area (Å²) in [5.41, 5.74) is 7.42. The van der Waals surface area contributed by atoms with Gasteiger partial charge in [0, 0.05) is 0 Å². The molecule has 0 aliphatic carbocycles. The molecule has 0 bridgehead atoms. The number of carbonyl (C=O) groups excluding carboxylic acids is 2. The lowest BCUT2D eigenvalue weighted by molar-refractivity contribution is -0.131. The Hall–Kier alpha value is -3.17. The third kappa shape index (κ3) is 5.17. The average molecular weight is 456 g/mol. The van der Waals surface area contributed by atoms with Crippen LogP contribution in [0.1, 0.15) is 39.6 Å². The molecule has 3 N–H and O–H groups in total. The Morgan fingerprint density at radius 3 is 2.34 bits per heavy atom. The predicted octanol–water partition coefficient (Wildman–Crippen LogP) is 2.39. The number of oxime groups is 1. The van der Waals surface area contributed by atoms with Gasteiger partial charge in [0.15, 0.2) is 6.10 Å². The molecule has 0 radical (unpaired) electrons.